The molecule has 2 aromatic heterocycles. The van der Waals surface area contributed by atoms with Gasteiger partial charge in [0.25, 0.3) is 0 Å². The minimum Gasteiger partial charge on any atom is -1.00 e. The summed E-state index contributed by atoms with van der Waals surface area (Å²) in [5.74, 6) is -0.238. The summed E-state index contributed by atoms with van der Waals surface area (Å²) in [6.07, 6.45) is 3.65. The molecule has 4 nitrogen and oxygen atoms in total. The van der Waals surface area contributed by atoms with Crippen molar-refractivity contribution in [3.8, 4) is 0 Å². The second kappa shape index (κ2) is 6.63. The van der Waals surface area contributed by atoms with E-state index in [0.717, 1.165) is 21.8 Å². The molecule has 3 aromatic rings. The molecule has 21 heavy (non-hydrogen) atoms. The number of rotatable bonds is 3. The fourth-order valence-electron chi connectivity index (χ4n) is 2.38. The van der Waals surface area contributed by atoms with Gasteiger partial charge in [-0.05, 0) is 25.1 Å². The predicted molar refractivity (Wildman–Crippen MR) is 76.1 cm³/mol. The topological polar surface area (TPSA) is 43.1 Å². The van der Waals surface area contributed by atoms with Crippen LogP contribution in [-0.2, 0) is 16.1 Å². The molecule has 5 heteroatoms. The van der Waals surface area contributed by atoms with Crippen molar-refractivity contribution >= 4 is 27.8 Å². The summed E-state index contributed by atoms with van der Waals surface area (Å²) < 4.78 is 6.92. The third kappa shape index (κ3) is 3.03. The van der Waals surface area contributed by atoms with E-state index in [4.69, 9.17) is 4.74 Å². The van der Waals surface area contributed by atoms with E-state index in [9.17, 15) is 4.79 Å². The Hall–Kier alpha value is -2.01. The fraction of sp³-hybridized carbons (Fsp3) is 0.188. The molecular weight excluding hydrogens is 332 g/mol. The molecule has 0 aliphatic carbocycles. The molecule has 108 valence electrons. The zero-order valence-electron chi connectivity index (χ0n) is 11.6. The molecular formula is C16H15BrN2O2. The Morgan fingerprint density at radius 1 is 1.19 bits per heavy atom. The van der Waals surface area contributed by atoms with Crippen molar-refractivity contribution in [2.24, 2.45) is 0 Å². The molecule has 0 saturated heterocycles. The van der Waals surface area contributed by atoms with Gasteiger partial charge in [0.1, 0.15) is 5.52 Å². The van der Waals surface area contributed by atoms with Crippen LogP contribution < -0.4 is 21.5 Å². The number of esters is 1. The zero-order valence-corrected chi connectivity index (χ0v) is 13.2. The van der Waals surface area contributed by atoms with Crippen LogP contribution in [-0.4, -0.2) is 17.6 Å². The van der Waals surface area contributed by atoms with Crippen molar-refractivity contribution in [1.29, 1.82) is 0 Å². The molecule has 0 N–H and O–H groups in total. The third-order valence-corrected chi connectivity index (χ3v) is 3.21. The first kappa shape index (κ1) is 15.4. The van der Waals surface area contributed by atoms with Crippen LogP contribution in [0.1, 0.15) is 6.92 Å². The van der Waals surface area contributed by atoms with Crippen LogP contribution in [0.4, 0.5) is 0 Å². The van der Waals surface area contributed by atoms with E-state index < -0.39 is 0 Å². The van der Waals surface area contributed by atoms with Gasteiger partial charge in [-0.1, -0.05) is 12.1 Å². The highest BCUT2D eigenvalue weighted by molar-refractivity contribution is 6.00. The third-order valence-electron chi connectivity index (χ3n) is 3.21. The van der Waals surface area contributed by atoms with Gasteiger partial charge in [0.2, 0.25) is 12.1 Å². The van der Waals surface area contributed by atoms with Gasteiger partial charge in [-0.25, -0.2) is 9.78 Å². The summed E-state index contributed by atoms with van der Waals surface area (Å²) in [5.41, 5.74) is 1.86. The summed E-state index contributed by atoms with van der Waals surface area (Å²) in [7, 11) is 0. The van der Waals surface area contributed by atoms with E-state index in [1.807, 2.05) is 54.1 Å². The summed E-state index contributed by atoms with van der Waals surface area (Å²) in [5, 5.41) is 2.12. The van der Waals surface area contributed by atoms with E-state index in [0.29, 0.717) is 6.61 Å². The van der Waals surface area contributed by atoms with Crippen LogP contribution in [0.15, 0.2) is 48.8 Å². The van der Waals surface area contributed by atoms with Crippen LogP contribution in [0.25, 0.3) is 21.8 Å². The van der Waals surface area contributed by atoms with E-state index in [1.165, 1.54) is 0 Å². The molecule has 0 aliphatic rings. The molecule has 0 aliphatic heterocycles. The van der Waals surface area contributed by atoms with Crippen molar-refractivity contribution < 1.29 is 31.1 Å². The molecule has 2 heterocycles. The number of halogens is 1. The first-order valence-electron chi connectivity index (χ1n) is 6.61. The quantitative estimate of drug-likeness (QED) is 0.356. The summed E-state index contributed by atoms with van der Waals surface area (Å²) in [6, 6.07) is 12.0. The van der Waals surface area contributed by atoms with Gasteiger partial charge in [0.15, 0.2) is 6.20 Å². The van der Waals surface area contributed by atoms with E-state index in [-0.39, 0.29) is 29.5 Å². The first-order chi connectivity index (χ1) is 9.79. The Balaban J connectivity index is 0.00000161. The largest absolute Gasteiger partial charge is 1.00 e. The average molecular weight is 347 g/mol. The van der Waals surface area contributed by atoms with Crippen LogP contribution in [0, 0.1) is 0 Å². The Bertz CT molecular complexity index is 789. The van der Waals surface area contributed by atoms with Gasteiger partial charge < -0.3 is 21.7 Å². The van der Waals surface area contributed by atoms with Crippen LogP contribution in [0.3, 0.4) is 0 Å². The molecule has 0 radical (unpaired) electrons. The number of hydrogen-bond donors (Lipinski definition) is 0. The van der Waals surface area contributed by atoms with Crippen molar-refractivity contribution in [3.63, 3.8) is 0 Å². The first-order valence-corrected chi connectivity index (χ1v) is 6.61. The van der Waals surface area contributed by atoms with Crippen molar-refractivity contribution in [2.75, 3.05) is 6.61 Å². The second-order valence-electron chi connectivity index (χ2n) is 4.52. The number of benzene rings is 1. The Morgan fingerprint density at radius 2 is 1.95 bits per heavy atom. The summed E-state index contributed by atoms with van der Waals surface area (Å²) in [6.45, 7) is 2.40. The number of pyridine rings is 2. The minimum absolute atomic E-state index is 0. The lowest BCUT2D eigenvalue weighted by atomic mass is 10.1. The molecule has 0 spiro atoms. The van der Waals surface area contributed by atoms with Crippen LogP contribution in [0.5, 0.6) is 0 Å². The number of carbonyl (C=O) groups excluding carboxylic acids is 1. The minimum atomic E-state index is -0.238. The Kier molecular flexibility index (Phi) is 4.85. The highest BCUT2D eigenvalue weighted by Crippen LogP contribution is 2.20. The molecule has 0 atom stereocenters. The van der Waals surface area contributed by atoms with Crippen LogP contribution in [0.2, 0.25) is 0 Å². The SMILES string of the molecule is CCOC(=O)C[n+]1cccc2ccc3cccnc3c21.[Br-]. The zero-order chi connectivity index (χ0) is 13.9. The van der Waals surface area contributed by atoms with Gasteiger partial charge in [-0.2, -0.15) is 4.57 Å². The van der Waals surface area contributed by atoms with Crippen molar-refractivity contribution in [2.45, 2.75) is 13.5 Å². The molecule has 3 rings (SSSR count). The van der Waals surface area contributed by atoms with Crippen molar-refractivity contribution in [3.05, 3.63) is 48.8 Å². The van der Waals surface area contributed by atoms with E-state index in [2.05, 4.69) is 4.98 Å². The van der Waals surface area contributed by atoms with Gasteiger partial charge in [-0.3, -0.25) is 0 Å². The monoisotopic (exact) mass is 346 g/mol. The number of ether oxygens (including phenoxy) is 1. The number of hydrogen-bond acceptors (Lipinski definition) is 3. The lowest BCUT2D eigenvalue weighted by molar-refractivity contribution is -0.659. The van der Waals surface area contributed by atoms with E-state index in [1.54, 1.807) is 6.20 Å². The molecule has 1 aromatic carbocycles. The Labute approximate surface area is 133 Å². The van der Waals surface area contributed by atoms with E-state index >= 15 is 0 Å². The van der Waals surface area contributed by atoms with Crippen LogP contribution >= 0.6 is 0 Å². The maximum Gasteiger partial charge on any atom is 0.372 e. The Morgan fingerprint density at radius 3 is 2.76 bits per heavy atom. The highest BCUT2D eigenvalue weighted by atomic mass is 79.9. The fourth-order valence-corrected chi connectivity index (χ4v) is 2.38. The number of fused-ring (bicyclic) bond motifs is 3. The summed E-state index contributed by atoms with van der Waals surface area (Å²) >= 11 is 0. The maximum absolute atomic E-state index is 11.7. The van der Waals surface area contributed by atoms with Gasteiger partial charge >= 0.3 is 5.97 Å². The summed E-state index contributed by atoms with van der Waals surface area (Å²) in [4.78, 5) is 16.2. The molecule has 0 fully saturated rings. The van der Waals surface area contributed by atoms with Crippen molar-refractivity contribution in [1.82, 2.24) is 4.98 Å². The predicted octanol–water partition coefficient (Wildman–Crippen LogP) is -0.757. The number of nitrogens with zero attached hydrogens (tertiary/aromatic N) is 2. The highest BCUT2D eigenvalue weighted by Gasteiger charge is 2.17. The average Bonchev–Trinajstić information content (AvgIpc) is 2.47. The lowest BCUT2D eigenvalue weighted by Crippen LogP contribution is -3.00. The molecule has 0 bridgehead atoms. The normalized spacial score (nSPS) is 10.3. The second-order valence-corrected chi connectivity index (χ2v) is 4.52. The maximum atomic E-state index is 11.7. The van der Waals surface area contributed by atoms with Gasteiger partial charge in [0.05, 0.1) is 6.61 Å². The lowest BCUT2D eigenvalue weighted by Gasteiger charge is -2.04. The molecule has 0 saturated carbocycles. The van der Waals surface area contributed by atoms with Gasteiger partial charge in [-0.15, -0.1) is 0 Å². The van der Waals surface area contributed by atoms with Gasteiger partial charge in [0, 0.05) is 23.0 Å². The molecule has 0 amide bonds. The number of aromatic nitrogens is 2. The number of carbonyl (C=O) groups is 1. The standard InChI is InChI=1S/C16H15N2O2.BrH/c1-2-20-14(19)11-18-10-4-6-13-8-7-12-5-3-9-17-15(12)16(13)18;/h3-10H,2,11H2,1H3;1H/q+1;/p-1. The smallest absolute Gasteiger partial charge is 0.372 e. The molecule has 0 unspecified atom stereocenters.